The SMILES string of the molecule is O=C(Cl)C(Cl)(Cl)P(=O)(Cl)Cl. The fourth-order valence-electron chi connectivity index (χ4n) is 0.102. The van der Waals surface area contributed by atoms with E-state index >= 15 is 0 Å². The van der Waals surface area contributed by atoms with Crippen molar-refractivity contribution >= 4 is 68.4 Å². The molecule has 0 radical (unpaired) electrons. The summed E-state index contributed by atoms with van der Waals surface area (Å²) >= 11 is 25.0. The molecule has 0 amide bonds. The molecule has 10 heavy (non-hydrogen) atoms. The summed E-state index contributed by atoms with van der Waals surface area (Å²) < 4.78 is 8.23. The van der Waals surface area contributed by atoms with Gasteiger partial charge in [0.1, 0.15) is 0 Å². The van der Waals surface area contributed by atoms with Crippen LogP contribution in [0.2, 0.25) is 0 Å². The summed E-state index contributed by atoms with van der Waals surface area (Å²) in [6, 6.07) is 0. The van der Waals surface area contributed by atoms with Crippen molar-refractivity contribution in [2.45, 2.75) is 4.07 Å². The lowest BCUT2D eigenvalue weighted by Gasteiger charge is -2.13. The Hall–Kier alpha value is 1.35. The zero-order valence-electron chi connectivity index (χ0n) is 4.15. The van der Waals surface area contributed by atoms with E-state index in [9.17, 15) is 9.36 Å². The number of rotatable bonds is 2. The van der Waals surface area contributed by atoms with E-state index in [0.29, 0.717) is 0 Å². The van der Waals surface area contributed by atoms with Gasteiger partial charge in [0, 0.05) is 0 Å². The average molecular weight is 264 g/mol. The Morgan fingerprint density at radius 2 is 1.60 bits per heavy atom. The second-order valence-corrected chi connectivity index (χ2v) is 8.45. The average Bonchev–Trinajstić information content (AvgIpc) is 1.62. The van der Waals surface area contributed by atoms with Crippen molar-refractivity contribution in [1.82, 2.24) is 0 Å². The first-order valence-corrected chi connectivity index (χ1v) is 6.42. The molecule has 0 unspecified atom stereocenters. The zero-order chi connectivity index (χ0) is 8.58. The monoisotopic (exact) mass is 262 g/mol. The van der Waals surface area contributed by atoms with Crippen molar-refractivity contribution in [3.05, 3.63) is 0 Å². The first kappa shape index (κ1) is 11.4. The highest BCUT2D eigenvalue weighted by atomic mass is 35.9. The molecule has 0 fully saturated rings. The Morgan fingerprint density at radius 3 is 1.60 bits per heavy atom. The molecular formula is C2Cl5O2P. The van der Waals surface area contributed by atoms with Crippen molar-refractivity contribution in [3.8, 4) is 0 Å². The van der Waals surface area contributed by atoms with Gasteiger partial charge in [0.05, 0.1) is 0 Å². The predicted molar refractivity (Wildman–Crippen MR) is 44.6 cm³/mol. The predicted octanol–water partition coefficient (Wildman–Crippen LogP) is 3.55. The third-order valence-electron chi connectivity index (χ3n) is 0.563. The maximum Gasteiger partial charge on any atom is 0.296 e. The minimum atomic E-state index is -3.93. The fourth-order valence-corrected chi connectivity index (χ4v) is 1.38. The number of carbonyl (C=O) groups excluding carboxylic acids is 1. The van der Waals surface area contributed by atoms with E-state index in [-0.39, 0.29) is 0 Å². The van der Waals surface area contributed by atoms with E-state index in [1.165, 1.54) is 0 Å². The zero-order valence-corrected chi connectivity index (χ0v) is 8.83. The van der Waals surface area contributed by atoms with Crippen LogP contribution in [0.25, 0.3) is 0 Å². The molecule has 0 bridgehead atoms. The van der Waals surface area contributed by atoms with Gasteiger partial charge in [-0.15, -0.1) is 0 Å². The number of hydrogen-bond acceptors (Lipinski definition) is 2. The molecule has 0 aliphatic heterocycles. The molecule has 0 rings (SSSR count). The van der Waals surface area contributed by atoms with Gasteiger partial charge in [0.2, 0.25) is 0 Å². The van der Waals surface area contributed by atoms with E-state index in [4.69, 9.17) is 57.3 Å². The largest absolute Gasteiger partial charge is 0.296 e. The normalized spacial score (nSPS) is 13.3. The lowest BCUT2D eigenvalue weighted by molar-refractivity contribution is -0.110. The summed E-state index contributed by atoms with van der Waals surface area (Å²) in [5.74, 6) is -3.93. The lowest BCUT2D eigenvalue weighted by atomic mass is 10.9. The van der Waals surface area contributed by atoms with Crippen LogP contribution in [0.3, 0.4) is 0 Å². The Bertz CT molecular complexity index is 194. The van der Waals surface area contributed by atoms with Crippen LogP contribution in [0.15, 0.2) is 0 Å². The minimum absolute atomic E-state index is 1.26. The first-order valence-electron chi connectivity index (χ1n) is 1.77. The maximum atomic E-state index is 10.6. The van der Waals surface area contributed by atoms with Crippen molar-refractivity contribution in [1.29, 1.82) is 0 Å². The van der Waals surface area contributed by atoms with E-state index in [0.717, 1.165) is 0 Å². The van der Waals surface area contributed by atoms with Crippen molar-refractivity contribution in [2.24, 2.45) is 0 Å². The highest BCUT2D eigenvalue weighted by molar-refractivity contribution is 8.12. The van der Waals surface area contributed by atoms with Crippen LogP contribution in [0, 0.1) is 0 Å². The van der Waals surface area contributed by atoms with Gasteiger partial charge in [0.15, 0.2) is 0 Å². The molecule has 0 heterocycles. The number of alkyl halides is 2. The third-order valence-corrected chi connectivity index (χ3v) is 6.36. The second-order valence-electron chi connectivity index (χ2n) is 1.28. The Morgan fingerprint density at radius 1 is 1.30 bits per heavy atom. The molecule has 0 spiro atoms. The van der Waals surface area contributed by atoms with Crippen LogP contribution in [0.1, 0.15) is 0 Å². The molecule has 0 N–H and O–H groups in total. The van der Waals surface area contributed by atoms with Crippen molar-refractivity contribution in [3.63, 3.8) is 0 Å². The van der Waals surface area contributed by atoms with Gasteiger partial charge < -0.3 is 0 Å². The molecule has 2 nitrogen and oxygen atoms in total. The van der Waals surface area contributed by atoms with Crippen LogP contribution in [-0.4, -0.2) is 9.32 Å². The molecule has 0 atom stereocenters. The van der Waals surface area contributed by atoms with E-state index in [2.05, 4.69) is 0 Å². The van der Waals surface area contributed by atoms with Gasteiger partial charge in [-0.1, -0.05) is 23.2 Å². The molecule has 0 aliphatic carbocycles. The number of carbonyl (C=O) groups is 1. The molecule has 60 valence electrons. The molecule has 8 heteroatoms. The van der Waals surface area contributed by atoms with Gasteiger partial charge in [-0.05, 0) is 34.1 Å². The summed E-state index contributed by atoms with van der Waals surface area (Å²) in [5, 5.41) is -1.26. The molecule has 0 saturated heterocycles. The van der Waals surface area contributed by atoms with Gasteiger partial charge in [-0.2, -0.15) is 0 Å². The van der Waals surface area contributed by atoms with E-state index in [1.54, 1.807) is 0 Å². The molecule has 0 aromatic carbocycles. The first-order chi connectivity index (χ1) is 4.19. The Labute approximate surface area is 81.7 Å². The van der Waals surface area contributed by atoms with Crippen molar-refractivity contribution in [2.75, 3.05) is 0 Å². The molecule has 0 aliphatic rings. The standard InChI is InChI=1S/C2Cl5O2P/c3-1(8)2(4,5)10(6,7)9. The fraction of sp³-hybridized carbons (Fsp3) is 0.500. The number of hydrogen-bond donors (Lipinski definition) is 0. The third kappa shape index (κ3) is 2.44. The summed E-state index contributed by atoms with van der Waals surface area (Å²) in [6.07, 6.45) is 0. The van der Waals surface area contributed by atoms with Gasteiger partial charge in [0.25, 0.3) is 15.2 Å². The maximum absolute atomic E-state index is 10.6. The smallest absolute Gasteiger partial charge is 0.285 e. The minimum Gasteiger partial charge on any atom is -0.285 e. The molecule has 0 saturated carbocycles. The van der Waals surface area contributed by atoms with Crippen LogP contribution >= 0.6 is 63.1 Å². The van der Waals surface area contributed by atoms with Gasteiger partial charge in [-0.3, -0.25) is 9.36 Å². The van der Waals surface area contributed by atoms with E-state index in [1.807, 2.05) is 0 Å². The van der Waals surface area contributed by atoms with Crippen LogP contribution < -0.4 is 0 Å². The Balaban J connectivity index is 4.75. The lowest BCUT2D eigenvalue weighted by Crippen LogP contribution is -2.16. The van der Waals surface area contributed by atoms with Crippen molar-refractivity contribution < 1.29 is 9.36 Å². The summed E-state index contributed by atoms with van der Waals surface area (Å²) in [7, 11) is 0. The molecule has 0 aromatic rings. The summed E-state index contributed by atoms with van der Waals surface area (Å²) in [5.41, 5.74) is 0. The highest BCUT2D eigenvalue weighted by Crippen LogP contribution is 2.71. The van der Waals surface area contributed by atoms with Crippen LogP contribution in [-0.2, 0) is 9.36 Å². The Kier molecular flexibility index (Phi) is 3.84. The highest BCUT2D eigenvalue weighted by Gasteiger charge is 2.49. The number of halogens is 5. The summed E-state index contributed by atoms with van der Waals surface area (Å²) in [4.78, 5) is 10.3. The van der Waals surface area contributed by atoms with Crippen LogP contribution in [0.4, 0.5) is 0 Å². The molecule has 0 aromatic heterocycles. The van der Waals surface area contributed by atoms with Gasteiger partial charge in [-0.25, -0.2) is 0 Å². The van der Waals surface area contributed by atoms with Crippen LogP contribution in [0.5, 0.6) is 0 Å². The summed E-state index contributed by atoms with van der Waals surface area (Å²) in [6.45, 7) is 0. The second kappa shape index (κ2) is 3.38. The quantitative estimate of drug-likeness (QED) is 0.434. The van der Waals surface area contributed by atoms with Gasteiger partial charge >= 0.3 is 0 Å². The topological polar surface area (TPSA) is 34.1 Å². The van der Waals surface area contributed by atoms with E-state index < -0.39 is 15.2 Å². The molecular weight excluding hydrogens is 264 g/mol.